The summed E-state index contributed by atoms with van der Waals surface area (Å²) in [6, 6.07) is 14.8. The van der Waals surface area contributed by atoms with Crippen LogP contribution in [-0.4, -0.2) is 13.1 Å². The summed E-state index contributed by atoms with van der Waals surface area (Å²) < 4.78 is 44.2. The van der Waals surface area contributed by atoms with Gasteiger partial charge >= 0.3 is 6.18 Å². The van der Waals surface area contributed by atoms with E-state index in [2.05, 4.69) is 5.32 Å². The number of hydrogen-bond donors (Lipinski definition) is 1. The molecule has 23 heavy (non-hydrogen) atoms. The Labute approximate surface area is 133 Å². The predicted molar refractivity (Wildman–Crippen MR) is 82.3 cm³/mol. The predicted octanol–water partition coefficient (Wildman–Crippen LogP) is 4.36. The fraction of sp³-hybridized carbons (Fsp3) is 0.333. The third-order valence-corrected chi connectivity index (χ3v) is 4.21. The van der Waals surface area contributed by atoms with Crippen molar-refractivity contribution in [2.24, 2.45) is 0 Å². The van der Waals surface area contributed by atoms with Gasteiger partial charge in [-0.1, -0.05) is 30.3 Å². The van der Waals surface area contributed by atoms with Crippen molar-refractivity contribution < 1.29 is 17.9 Å². The SMILES string of the molecule is FC(F)(F)c1ccc(OC2(c3ccccc3)CCNCC2)cc1. The minimum absolute atomic E-state index is 0.462. The molecule has 122 valence electrons. The first-order valence-corrected chi connectivity index (χ1v) is 7.62. The fourth-order valence-electron chi connectivity index (χ4n) is 2.96. The van der Waals surface area contributed by atoms with Gasteiger partial charge in [0.2, 0.25) is 0 Å². The van der Waals surface area contributed by atoms with Gasteiger partial charge in [-0.2, -0.15) is 13.2 Å². The Hall–Kier alpha value is -2.01. The summed E-state index contributed by atoms with van der Waals surface area (Å²) in [6.45, 7) is 1.63. The van der Waals surface area contributed by atoms with E-state index < -0.39 is 17.3 Å². The van der Waals surface area contributed by atoms with Crippen molar-refractivity contribution in [1.29, 1.82) is 0 Å². The molecule has 1 aliphatic heterocycles. The topological polar surface area (TPSA) is 21.3 Å². The lowest BCUT2D eigenvalue weighted by atomic mass is 9.84. The van der Waals surface area contributed by atoms with E-state index in [1.807, 2.05) is 30.3 Å². The Morgan fingerprint density at radius 1 is 0.870 bits per heavy atom. The van der Waals surface area contributed by atoms with Crippen LogP contribution in [0.15, 0.2) is 54.6 Å². The summed E-state index contributed by atoms with van der Waals surface area (Å²) in [4.78, 5) is 0. The summed E-state index contributed by atoms with van der Waals surface area (Å²) in [5, 5.41) is 3.30. The molecule has 1 N–H and O–H groups in total. The maximum absolute atomic E-state index is 12.7. The van der Waals surface area contributed by atoms with Crippen LogP contribution in [0.4, 0.5) is 13.2 Å². The largest absolute Gasteiger partial charge is 0.482 e. The standard InChI is InChI=1S/C18H18F3NO/c19-18(20,21)15-6-8-16(9-7-15)23-17(10-12-22-13-11-17)14-4-2-1-3-5-14/h1-9,22H,10-13H2. The molecule has 1 fully saturated rings. The van der Waals surface area contributed by atoms with Gasteiger partial charge < -0.3 is 10.1 Å². The monoisotopic (exact) mass is 321 g/mol. The van der Waals surface area contributed by atoms with E-state index in [-0.39, 0.29) is 0 Å². The van der Waals surface area contributed by atoms with Gasteiger partial charge in [0.15, 0.2) is 0 Å². The zero-order valence-electron chi connectivity index (χ0n) is 12.6. The molecule has 0 amide bonds. The fourth-order valence-corrected chi connectivity index (χ4v) is 2.96. The minimum Gasteiger partial charge on any atom is -0.482 e. The molecule has 0 bridgehead atoms. The highest BCUT2D eigenvalue weighted by Gasteiger charge is 2.36. The zero-order valence-corrected chi connectivity index (χ0v) is 12.6. The molecule has 2 aromatic carbocycles. The van der Waals surface area contributed by atoms with E-state index >= 15 is 0 Å². The lowest BCUT2D eigenvalue weighted by molar-refractivity contribution is -0.137. The van der Waals surface area contributed by atoms with Crippen LogP contribution in [0.5, 0.6) is 5.75 Å². The summed E-state index contributed by atoms with van der Waals surface area (Å²) in [6.07, 6.45) is -2.78. The van der Waals surface area contributed by atoms with Crippen LogP contribution < -0.4 is 10.1 Å². The van der Waals surface area contributed by atoms with Crippen molar-refractivity contribution in [3.63, 3.8) is 0 Å². The molecule has 3 rings (SSSR count). The van der Waals surface area contributed by atoms with E-state index in [1.165, 1.54) is 12.1 Å². The van der Waals surface area contributed by atoms with E-state index in [0.717, 1.165) is 43.6 Å². The maximum atomic E-state index is 12.7. The van der Waals surface area contributed by atoms with Gasteiger partial charge in [-0.15, -0.1) is 0 Å². The number of rotatable bonds is 3. The molecule has 0 saturated carbocycles. The summed E-state index contributed by atoms with van der Waals surface area (Å²) >= 11 is 0. The van der Waals surface area contributed by atoms with Gasteiger partial charge in [0.25, 0.3) is 0 Å². The van der Waals surface area contributed by atoms with E-state index in [9.17, 15) is 13.2 Å². The molecule has 0 radical (unpaired) electrons. The van der Waals surface area contributed by atoms with E-state index in [0.29, 0.717) is 5.75 Å². The Morgan fingerprint density at radius 2 is 1.48 bits per heavy atom. The molecule has 0 spiro atoms. The van der Waals surface area contributed by atoms with E-state index in [1.54, 1.807) is 0 Å². The van der Waals surface area contributed by atoms with Crippen LogP contribution in [0.2, 0.25) is 0 Å². The first kappa shape index (κ1) is 15.9. The van der Waals surface area contributed by atoms with Crippen LogP contribution in [0, 0.1) is 0 Å². The number of hydrogen-bond acceptors (Lipinski definition) is 2. The van der Waals surface area contributed by atoms with Crippen LogP contribution in [0.3, 0.4) is 0 Å². The number of nitrogens with one attached hydrogen (secondary N) is 1. The number of piperidine rings is 1. The van der Waals surface area contributed by atoms with Crippen molar-refractivity contribution in [2.75, 3.05) is 13.1 Å². The first-order valence-electron chi connectivity index (χ1n) is 7.62. The molecule has 2 nitrogen and oxygen atoms in total. The van der Waals surface area contributed by atoms with Gasteiger partial charge in [-0.25, -0.2) is 0 Å². The van der Waals surface area contributed by atoms with Crippen molar-refractivity contribution >= 4 is 0 Å². The molecule has 0 aromatic heterocycles. The summed E-state index contributed by atoms with van der Waals surface area (Å²) in [5.74, 6) is 0.462. The highest BCUT2D eigenvalue weighted by molar-refractivity contribution is 5.32. The second kappa shape index (κ2) is 6.24. The van der Waals surface area contributed by atoms with E-state index in [4.69, 9.17) is 4.74 Å². The van der Waals surface area contributed by atoms with Crippen LogP contribution in [0.25, 0.3) is 0 Å². The van der Waals surface area contributed by atoms with Gasteiger partial charge in [0.1, 0.15) is 11.4 Å². The first-order chi connectivity index (χ1) is 11.0. The van der Waals surface area contributed by atoms with Crippen LogP contribution >= 0.6 is 0 Å². The normalized spacial score (nSPS) is 17.7. The third kappa shape index (κ3) is 3.50. The minimum atomic E-state index is -4.33. The molecule has 1 heterocycles. The molecule has 5 heteroatoms. The average Bonchev–Trinajstić information content (AvgIpc) is 2.56. The molecule has 0 atom stereocenters. The smallest absolute Gasteiger partial charge is 0.416 e. The van der Waals surface area contributed by atoms with Crippen molar-refractivity contribution in [3.05, 3.63) is 65.7 Å². The van der Waals surface area contributed by atoms with Crippen LogP contribution in [-0.2, 0) is 11.8 Å². The summed E-state index contributed by atoms with van der Waals surface area (Å²) in [7, 11) is 0. The van der Waals surface area contributed by atoms with Gasteiger partial charge in [0, 0.05) is 12.8 Å². The molecular formula is C18H18F3NO. The molecule has 0 unspecified atom stereocenters. The second-order valence-electron chi connectivity index (χ2n) is 5.73. The molecule has 2 aromatic rings. The Bertz CT molecular complexity index is 632. The number of benzene rings is 2. The molecule has 0 aliphatic carbocycles. The molecular weight excluding hydrogens is 303 g/mol. The quantitative estimate of drug-likeness (QED) is 0.907. The summed E-state index contributed by atoms with van der Waals surface area (Å²) in [5.41, 5.74) is -0.1000. The van der Waals surface area contributed by atoms with Gasteiger partial charge in [-0.05, 0) is 42.9 Å². The Morgan fingerprint density at radius 3 is 2.04 bits per heavy atom. The lowest BCUT2D eigenvalue weighted by Gasteiger charge is -2.38. The van der Waals surface area contributed by atoms with Gasteiger partial charge in [-0.3, -0.25) is 0 Å². The maximum Gasteiger partial charge on any atom is 0.416 e. The van der Waals surface area contributed by atoms with Crippen molar-refractivity contribution in [2.45, 2.75) is 24.6 Å². The number of alkyl halides is 3. The zero-order chi connectivity index (χ0) is 16.3. The average molecular weight is 321 g/mol. The number of halogens is 3. The second-order valence-corrected chi connectivity index (χ2v) is 5.73. The lowest BCUT2D eigenvalue weighted by Crippen LogP contribution is -2.44. The Kier molecular flexibility index (Phi) is 4.31. The highest BCUT2D eigenvalue weighted by atomic mass is 19.4. The molecule has 1 aliphatic rings. The third-order valence-electron chi connectivity index (χ3n) is 4.21. The van der Waals surface area contributed by atoms with Crippen LogP contribution in [0.1, 0.15) is 24.0 Å². The Balaban J connectivity index is 1.87. The molecule has 1 saturated heterocycles. The highest BCUT2D eigenvalue weighted by Crippen LogP contribution is 2.37. The van der Waals surface area contributed by atoms with Crippen molar-refractivity contribution in [1.82, 2.24) is 5.32 Å². The van der Waals surface area contributed by atoms with Crippen molar-refractivity contribution in [3.8, 4) is 5.75 Å². The number of ether oxygens (including phenoxy) is 1. The van der Waals surface area contributed by atoms with Gasteiger partial charge in [0.05, 0.1) is 5.56 Å².